The normalized spacial score (nSPS) is 12.5. The van der Waals surface area contributed by atoms with Crippen molar-refractivity contribution in [3.05, 3.63) is 118 Å². The second-order valence-electron chi connectivity index (χ2n) is 8.72. The molecule has 0 saturated carbocycles. The Morgan fingerprint density at radius 2 is 1.67 bits per heavy atom. The number of rotatable bonds is 9. The molecule has 5 aromatic rings. The van der Waals surface area contributed by atoms with Crippen LogP contribution in [0.25, 0.3) is 16.5 Å². The van der Waals surface area contributed by atoms with Crippen molar-refractivity contribution in [2.45, 2.75) is 28.8 Å². The fourth-order valence-electron chi connectivity index (χ4n) is 4.04. The SMILES string of the molecule is CC(NS(=O)(=O)c1ccc2ccccc2c1)c1nnc(SCc2ccc(F)cc2)n1-c1ccc([N+](=O)[O-])cc1. The van der Waals surface area contributed by atoms with Crippen molar-refractivity contribution in [3.8, 4) is 5.69 Å². The third-order valence-corrected chi connectivity index (χ3v) is 8.55. The third kappa shape index (κ3) is 5.82. The predicted octanol–water partition coefficient (Wildman–Crippen LogP) is 5.80. The minimum atomic E-state index is -3.93. The Morgan fingerprint density at radius 1 is 0.974 bits per heavy atom. The van der Waals surface area contributed by atoms with E-state index in [0.29, 0.717) is 22.4 Å². The molecule has 0 amide bonds. The van der Waals surface area contributed by atoms with Gasteiger partial charge in [0.05, 0.1) is 15.9 Å². The fourth-order valence-corrected chi connectivity index (χ4v) is 6.19. The van der Waals surface area contributed by atoms with Crippen LogP contribution in [0.3, 0.4) is 0 Å². The number of halogens is 1. The molecule has 198 valence electrons. The van der Waals surface area contributed by atoms with Crippen LogP contribution < -0.4 is 4.72 Å². The van der Waals surface area contributed by atoms with E-state index in [0.717, 1.165) is 16.3 Å². The van der Waals surface area contributed by atoms with Gasteiger partial charge in [0, 0.05) is 23.6 Å². The van der Waals surface area contributed by atoms with Crippen LogP contribution in [0.5, 0.6) is 0 Å². The molecule has 1 aromatic heterocycles. The lowest BCUT2D eigenvalue weighted by Gasteiger charge is -2.17. The molecule has 0 fully saturated rings. The second-order valence-corrected chi connectivity index (χ2v) is 11.4. The number of non-ortho nitro benzene ring substituents is 1. The summed E-state index contributed by atoms with van der Waals surface area (Å²) in [6, 6.07) is 23.4. The molecule has 0 spiro atoms. The van der Waals surface area contributed by atoms with Gasteiger partial charge < -0.3 is 0 Å². The van der Waals surface area contributed by atoms with Crippen LogP contribution in [0.1, 0.15) is 24.4 Å². The molecule has 4 aromatic carbocycles. The van der Waals surface area contributed by atoms with Crippen molar-refractivity contribution < 1.29 is 17.7 Å². The lowest BCUT2D eigenvalue weighted by Crippen LogP contribution is -2.28. The first-order valence-corrected chi connectivity index (χ1v) is 14.3. The number of nitrogens with one attached hydrogen (secondary N) is 1. The molecular formula is C27H22FN5O4S2. The highest BCUT2D eigenvalue weighted by Gasteiger charge is 2.25. The molecule has 39 heavy (non-hydrogen) atoms. The molecule has 9 nitrogen and oxygen atoms in total. The van der Waals surface area contributed by atoms with Gasteiger partial charge in [-0.1, -0.05) is 54.2 Å². The Morgan fingerprint density at radius 3 is 2.36 bits per heavy atom. The first kappa shape index (κ1) is 26.5. The van der Waals surface area contributed by atoms with Gasteiger partial charge in [0.15, 0.2) is 11.0 Å². The van der Waals surface area contributed by atoms with Crippen molar-refractivity contribution in [2.24, 2.45) is 0 Å². The van der Waals surface area contributed by atoms with Crippen molar-refractivity contribution in [1.29, 1.82) is 0 Å². The van der Waals surface area contributed by atoms with E-state index in [4.69, 9.17) is 0 Å². The van der Waals surface area contributed by atoms with Crippen LogP contribution in [0, 0.1) is 15.9 Å². The molecule has 0 saturated heterocycles. The number of thioether (sulfide) groups is 1. The molecule has 5 rings (SSSR count). The van der Waals surface area contributed by atoms with Gasteiger partial charge in [0.25, 0.3) is 5.69 Å². The van der Waals surface area contributed by atoms with Crippen LogP contribution in [0.15, 0.2) is 101 Å². The molecule has 0 bridgehead atoms. The summed E-state index contributed by atoms with van der Waals surface area (Å²) in [6.45, 7) is 1.65. The van der Waals surface area contributed by atoms with E-state index < -0.39 is 21.0 Å². The van der Waals surface area contributed by atoms with E-state index >= 15 is 0 Å². The predicted molar refractivity (Wildman–Crippen MR) is 147 cm³/mol. The average molecular weight is 564 g/mol. The zero-order valence-corrected chi connectivity index (χ0v) is 22.2. The first-order valence-electron chi connectivity index (χ1n) is 11.8. The van der Waals surface area contributed by atoms with E-state index in [1.54, 1.807) is 54.0 Å². The summed E-state index contributed by atoms with van der Waals surface area (Å²) in [6.07, 6.45) is 0. The number of hydrogen-bond donors (Lipinski definition) is 1. The lowest BCUT2D eigenvalue weighted by molar-refractivity contribution is -0.384. The maximum absolute atomic E-state index is 13.3. The average Bonchev–Trinajstić information content (AvgIpc) is 3.36. The Labute approximate surface area is 227 Å². The Kier molecular flexibility index (Phi) is 7.42. The van der Waals surface area contributed by atoms with Crippen LogP contribution in [0.2, 0.25) is 0 Å². The van der Waals surface area contributed by atoms with E-state index in [1.165, 1.54) is 36.0 Å². The number of hydrogen-bond acceptors (Lipinski definition) is 7. The van der Waals surface area contributed by atoms with Crippen molar-refractivity contribution in [2.75, 3.05) is 0 Å². The zero-order chi connectivity index (χ0) is 27.6. The van der Waals surface area contributed by atoms with E-state index in [9.17, 15) is 22.9 Å². The summed E-state index contributed by atoms with van der Waals surface area (Å²) in [4.78, 5) is 10.8. The Balaban J connectivity index is 1.47. The number of aromatic nitrogens is 3. The van der Waals surface area contributed by atoms with Gasteiger partial charge in [-0.05, 0) is 59.7 Å². The molecule has 1 N–H and O–H groups in total. The van der Waals surface area contributed by atoms with Crippen molar-refractivity contribution in [3.63, 3.8) is 0 Å². The van der Waals surface area contributed by atoms with Crippen molar-refractivity contribution in [1.82, 2.24) is 19.5 Å². The Hall–Kier alpha value is -4.13. The van der Waals surface area contributed by atoms with Crippen LogP contribution in [-0.2, 0) is 15.8 Å². The highest BCUT2D eigenvalue weighted by atomic mass is 32.2. The number of nitro groups is 1. The van der Waals surface area contributed by atoms with E-state index in [-0.39, 0.29) is 16.4 Å². The number of nitro benzene ring substituents is 1. The smallest absolute Gasteiger partial charge is 0.269 e. The molecule has 1 unspecified atom stereocenters. The molecular weight excluding hydrogens is 541 g/mol. The fraction of sp³-hybridized carbons (Fsp3) is 0.111. The third-order valence-electron chi connectivity index (χ3n) is 6.01. The number of fused-ring (bicyclic) bond motifs is 1. The monoisotopic (exact) mass is 563 g/mol. The molecule has 1 heterocycles. The van der Waals surface area contributed by atoms with E-state index in [2.05, 4.69) is 14.9 Å². The van der Waals surface area contributed by atoms with Gasteiger partial charge >= 0.3 is 0 Å². The van der Waals surface area contributed by atoms with Crippen molar-refractivity contribution >= 4 is 38.2 Å². The molecule has 0 aliphatic carbocycles. The topological polar surface area (TPSA) is 120 Å². The first-order chi connectivity index (χ1) is 18.7. The Bertz CT molecular complexity index is 1760. The second kappa shape index (κ2) is 10.9. The van der Waals surface area contributed by atoms with Gasteiger partial charge in [-0.25, -0.2) is 17.5 Å². The number of benzene rings is 4. The van der Waals surface area contributed by atoms with Crippen LogP contribution >= 0.6 is 11.8 Å². The zero-order valence-electron chi connectivity index (χ0n) is 20.6. The highest BCUT2D eigenvalue weighted by molar-refractivity contribution is 7.98. The standard InChI is InChI=1S/C27H22FN5O4S2/c1-18(31-39(36,37)25-15-8-20-4-2-3-5-21(20)16-25)26-29-30-27(38-17-19-6-9-22(28)10-7-19)32(26)23-11-13-24(14-12-23)33(34)35/h2-16,18,31H,17H2,1H3. The molecule has 0 aliphatic rings. The lowest BCUT2D eigenvalue weighted by atomic mass is 10.1. The summed E-state index contributed by atoms with van der Waals surface area (Å²) >= 11 is 1.32. The summed E-state index contributed by atoms with van der Waals surface area (Å²) in [5, 5.41) is 21.9. The minimum absolute atomic E-state index is 0.0843. The van der Waals surface area contributed by atoms with Gasteiger partial charge in [-0.3, -0.25) is 14.7 Å². The summed E-state index contributed by atoms with van der Waals surface area (Å²) in [5.74, 6) is 0.408. The van der Waals surface area contributed by atoms with Gasteiger partial charge in [-0.2, -0.15) is 0 Å². The summed E-state index contributed by atoms with van der Waals surface area (Å²) in [5.41, 5.74) is 1.30. The van der Waals surface area contributed by atoms with Crippen LogP contribution in [0.4, 0.5) is 10.1 Å². The van der Waals surface area contributed by atoms with Crippen LogP contribution in [-0.4, -0.2) is 28.1 Å². The van der Waals surface area contributed by atoms with Gasteiger partial charge in [0.1, 0.15) is 5.82 Å². The molecule has 0 aliphatic heterocycles. The molecule has 1 atom stereocenters. The quantitative estimate of drug-likeness (QED) is 0.137. The largest absolute Gasteiger partial charge is 0.273 e. The number of sulfonamides is 1. The maximum Gasteiger partial charge on any atom is 0.269 e. The maximum atomic E-state index is 13.3. The number of nitrogens with zero attached hydrogens (tertiary/aromatic N) is 4. The van der Waals surface area contributed by atoms with Gasteiger partial charge in [-0.15, -0.1) is 10.2 Å². The molecule has 0 radical (unpaired) electrons. The summed E-state index contributed by atoms with van der Waals surface area (Å²) in [7, 11) is -3.93. The minimum Gasteiger partial charge on any atom is -0.273 e. The molecule has 12 heteroatoms. The summed E-state index contributed by atoms with van der Waals surface area (Å²) < 4.78 is 44.2. The highest BCUT2D eigenvalue weighted by Crippen LogP contribution is 2.29. The van der Waals surface area contributed by atoms with E-state index in [1.807, 2.05) is 24.3 Å². The van der Waals surface area contributed by atoms with Gasteiger partial charge in [0.2, 0.25) is 10.0 Å².